The van der Waals surface area contributed by atoms with Crippen molar-refractivity contribution in [1.82, 2.24) is 9.88 Å². The van der Waals surface area contributed by atoms with Crippen LogP contribution in [0.15, 0.2) is 18.2 Å². The van der Waals surface area contributed by atoms with Gasteiger partial charge in [-0.2, -0.15) is 0 Å². The first kappa shape index (κ1) is 11.1. The number of likely N-dealkylation sites (tertiary alicyclic amines) is 1. The van der Waals surface area contributed by atoms with Crippen molar-refractivity contribution in [3.8, 4) is 0 Å². The van der Waals surface area contributed by atoms with E-state index in [1.165, 1.54) is 18.9 Å². The van der Waals surface area contributed by atoms with Crippen LogP contribution in [0.5, 0.6) is 0 Å². The van der Waals surface area contributed by atoms with E-state index in [0.29, 0.717) is 6.04 Å². The third kappa shape index (κ3) is 2.39. The first-order chi connectivity index (χ1) is 7.66. The molecule has 0 aliphatic carbocycles. The van der Waals surface area contributed by atoms with Crippen molar-refractivity contribution in [3.63, 3.8) is 0 Å². The van der Waals surface area contributed by atoms with Crippen LogP contribution in [0, 0.1) is 0 Å². The zero-order valence-corrected chi connectivity index (χ0v) is 9.39. The molecule has 2 heterocycles. The fraction of sp³-hybridized carbons (Fsp3) is 0.500. The van der Waals surface area contributed by atoms with Crippen LogP contribution in [0.2, 0.25) is 0 Å². The van der Waals surface area contributed by atoms with Gasteiger partial charge in [0.05, 0.1) is 5.69 Å². The smallest absolute Gasteiger partial charge is 0.354 e. The molecule has 1 unspecified atom stereocenters. The number of carboxylic acid groups (broad SMARTS) is 1. The molecule has 0 bridgehead atoms. The number of carboxylic acids is 1. The molecule has 0 amide bonds. The van der Waals surface area contributed by atoms with Crippen molar-refractivity contribution in [2.24, 2.45) is 0 Å². The van der Waals surface area contributed by atoms with Gasteiger partial charge in [-0.15, -0.1) is 0 Å². The predicted octanol–water partition coefficient (Wildman–Crippen LogP) is 1.76. The summed E-state index contributed by atoms with van der Waals surface area (Å²) >= 11 is 0. The van der Waals surface area contributed by atoms with E-state index in [4.69, 9.17) is 5.11 Å². The fourth-order valence-electron chi connectivity index (χ4n) is 2.12. The highest BCUT2D eigenvalue weighted by atomic mass is 16.4. The number of nitrogens with zero attached hydrogens (tertiary/aromatic N) is 2. The van der Waals surface area contributed by atoms with Gasteiger partial charge in [0.2, 0.25) is 0 Å². The second-order valence-corrected chi connectivity index (χ2v) is 4.28. The Bertz CT molecular complexity index is 392. The summed E-state index contributed by atoms with van der Waals surface area (Å²) in [5, 5.41) is 8.85. The van der Waals surface area contributed by atoms with Gasteiger partial charge in [-0.05, 0) is 38.4 Å². The quantitative estimate of drug-likeness (QED) is 0.843. The molecule has 1 atom stereocenters. The lowest BCUT2D eigenvalue weighted by atomic mass is 10.2. The maximum atomic E-state index is 10.8. The zero-order valence-electron chi connectivity index (χ0n) is 9.39. The average molecular weight is 220 g/mol. The highest BCUT2D eigenvalue weighted by Gasteiger charge is 2.20. The lowest BCUT2D eigenvalue weighted by molar-refractivity contribution is 0.0690. The first-order valence-electron chi connectivity index (χ1n) is 5.60. The summed E-state index contributed by atoms with van der Waals surface area (Å²) in [4.78, 5) is 17.2. The number of rotatable bonds is 3. The van der Waals surface area contributed by atoms with Gasteiger partial charge >= 0.3 is 5.97 Å². The van der Waals surface area contributed by atoms with E-state index in [-0.39, 0.29) is 5.69 Å². The lowest BCUT2D eigenvalue weighted by Gasteiger charge is -2.20. The minimum Gasteiger partial charge on any atom is -0.477 e. The van der Waals surface area contributed by atoms with Crippen molar-refractivity contribution in [3.05, 3.63) is 29.6 Å². The monoisotopic (exact) mass is 220 g/mol. The Morgan fingerprint density at radius 1 is 1.62 bits per heavy atom. The molecule has 86 valence electrons. The molecule has 4 heteroatoms. The molecule has 1 aromatic rings. The minimum atomic E-state index is -0.962. The Morgan fingerprint density at radius 3 is 3.06 bits per heavy atom. The molecule has 16 heavy (non-hydrogen) atoms. The average Bonchev–Trinajstić information content (AvgIpc) is 2.65. The van der Waals surface area contributed by atoms with Gasteiger partial charge < -0.3 is 5.11 Å². The summed E-state index contributed by atoms with van der Waals surface area (Å²) in [5.41, 5.74) is 0.970. The van der Waals surface area contributed by atoms with Gasteiger partial charge in [0.15, 0.2) is 0 Å². The van der Waals surface area contributed by atoms with Crippen LogP contribution >= 0.6 is 0 Å². The normalized spacial score (nSPS) is 21.2. The van der Waals surface area contributed by atoms with Crippen LogP contribution < -0.4 is 0 Å². The largest absolute Gasteiger partial charge is 0.477 e. The van der Waals surface area contributed by atoms with E-state index in [2.05, 4.69) is 16.8 Å². The van der Waals surface area contributed by atoms with Gasteiger partial charge in [-0.3, -0.25) is 4.90 Å². The highest BCUT2D eigenvalue weighted by Crippen LogP contribution is 2.18. The van der Waals surface area contributed by atoms with E-state index in [0.717, 1.165) is 18.8 Å². The Morgan fingerprint density at radius 2 is 2.44 bits per heavy atom. The van der Waals surface area contributed by atoms with Crippen molar-refractivity contribution in [2.75, 3.05) is 6.54 Å². The second kappa shape index (κ2) is 4.61. The van der Waals surface area contributed by atoms with E-state index in [1.807, 2.05) is 6.07 Å². The third-order valence-electron chi connectivity index (χ3n) is 3.08. The summed E-state index contributed by atoms with van der Waals surface area (Å²) in [6, 6.07) is 5.75. The molecule has 0 spiro atoms. The Kier molecular flexibility index (Phi) is 3.19. The van der Waals surface area contributed by atoms with Crippen molar-refractivity contribution >= 4 is 5.97 Å². The van der Waals surface area contributed by atoms with Gasteiger partial charge in [0.25, 0.3) is 0 Å². The SMILES string of the molecule is CC1CCCN1Cc1cccc(C(=O)O)n1. The van der Waals surface area contributed by atoms with Gasteiger partial charge in [0.1, 0.15) is 5.69 Å². The van der Waals surface area contributed by atoms with Crippen LogP contribution in [-0.2, 0) is 6.54 Å². The Labute approximate surface area is 94.9 Å². The maximum Gasteiger partial charge on any atom is 0.354 e. The van der Waals surface area contributed by atoms with E-state index < -0.39 is 5.97 Å². The second-order valence-electron chi connectivity index (χ2n) is 4.28. The minimum absolute atomic E-state index is 0.129. The van der Waals surface area contributed by atoms with Crippen molar-refractivity contribution in [1.29, 1.82) is 0 Å². The maximum absolute atomic E-state index is 10.8. The number of aromatic nitrogens is 1. The number of hydrogen-bond donors (Lipinski definition) is 1. The van der Waals surface area contributed by atoms with Crippen molar-refractivity contribution in [2.45, 2.75) is 32.4 Å². The summed E-state index contributed by atoms with van der Waals surface area (Å²) in [7, 11) is 0. The summed E-state index contributed by atoms with van der Waals surface area (Å²) in [6.45, 7) is 4.04. The van der Waals surface area contributed by atoms with Crippen LogP contribution in [0.4, 0.5) is 0 Å². The van der Waals surface area contributed by atoms with Crippen molar-refractivity contribution < 1.29 is 9.90 Å². The number of pyridine rings is 1. The van der Waals surface area contributed by atoms with Gasteiger partial charge in [-0.25, -0.2) is 9.78 Å². The summed E-state index contributed by atoms with van der Waals surface area (Å²) < 4.78 is 0. The topological polar surface area (TPSA) is 53.4 Å². The Hall–Kier alpha value is -1.42. The molecule has 2 rings (SSSR count). The van der Waals surface area contributed by atoms with Crippen LogP contribution in [0.25, 0.3) is 0 Å². The van der Waals surface area contributed by atoms with Crippen LogP contribution in [-0.4, -0.2) is 33.5 Å². The molecule has 1 fully saturated rings. The number of carbonyl (C=O) groups is 1. The highest BCUT2D eigenvalue weighted by molar-refractivity contribution is 5.85. The fourth-order valence-corrected chi connectivity index (χ4v) is 2.12. The zero-order chi connectivity index (χ0) is 11.5. The number of hydrogen-bond acceptors (Lipinski definition) is 3. The van der Waals surface area contributed by atoms with Crippen LogP contribution in [0.3, 0.4) is 0 Å². The lowest BCUT2D eigenvalue weighted by Crippen LogP contribution is -2.26. The van der Waals surface area contributed by atoms with Gasteiger partial charge in [0, 0.05) is 12.6 Å². The molecular weight excluding hydrogens is 204 g/mol. The predicted molar refractivity (Wildman–Crippen MR) is 60.3 cm³/mol. The molecule has 0 aromatic carbocycles. The molecule has 1 N–H and O–H groups in total. The molecule has 1 saturated heterocycles. The Balaban J connectivity index is 2.09. The molecule has 1 aliphatic heterocycles. The van der Waals surface area contributed by atoms with E-state index in [1.54, 1.807) is 6.07 Å². The van der Waals surface area contributed by atoms with E-state index in [9.17, 15) is 4.79 Å². The molecule has 4 nitrogen and oxygen atoms in total. The molecule has 0 radical (unpaired) electrons. The van der Waals surface area contributed by atoms with Crippen LogP contribution in [0.1, 0.15) is 35.9 Å². The van der Waals surface area contributed by atoms with E-state index >= 15 is 0 Å². The molecule has 1 aliphatic rings. The summed E-state index contributed by atoms with van der Waals surface area (Å²) in [6.07, 6.45) is 2.44. The number of aromatic carboxylic acids is 1. The third-order valence-corrected chi connectivity index (χ3v) is 3.08. The van der Waals surface area contributed by atoms with Gasteiger partial charge in [-0.1, -0.05) is 6.07 Å². The molecular formula is C12H16N2O2. The standard InChI is InChI=1S/C12H16N2O2/c1-9-4-3-7-14(9)8-10-5-2-6-11(13-10)12(15)16/h2,5-6,9H,3-4,7-8H2,1H3,(H,15,16). The molecule has 0 saturated carbocycles. The summed E-state index contributed by atoms with van der Waals surface area (Å²) in [5.74, 6) is -0.962. The molecule has 1 aromatic heterocycles. The first-order valence-corrected chi connectivity index (χ1v) is 5.60.